The van der Waals surface area contributed by atoms with Crippen LogP contribution in [0.15, 0.2) is 0 Å². The Kier molecular flexibility index (Phi) is 3.68. The number of imidazole rings is 1. The number of fused-ring (bicyclic) bond motifs is 1. The Hall–Kier alpha value is -0.790. The van der Waals surface area contributed by atoms with Crippen molar-refractivity contribution in [3.8, 4) is 0 Å². The maximum Gasteiger partial charge on any atom is 0.112 e. The molecule has 1 heterocycles. The Labute approximate surface area is 123 Å². The van der Waals surface area contributed by atoms with E-state index < -0.39 is 0 Å². The number of nitrogens with one attached hydrogen (secondary N) is 1. The van der Waals surface area contributed by atoms with Gasteiger partial charge < -0.3 is 4.98 Å². The lowest BCUT2D eigenvalue weighted by atomic mass is 9.78. The third-order valence-corrected chi connectivity index (χ3v) is 5.74. The predicted molar refractivity (Wildman–Crippen MR) is 83.9 cm³/mol. The summed E-state index contributed by atoms with van der Waals surface area (Å²) in [5.41, 5.74) is 3.18. The van der Waals surface area contributed by atoms with E-state index in [4.69, 9.17) is 4.98 Å². The lowest BCUT2D eigenvalue weighted by Crippen LogP contribution is -2.26. The van der Waals surface area contributed by atoms with Gasteiger partial charge in [-0.15, -0.1) is 0 Å². The van der Waals surface area contributed by atoms with E-state index in [1.165, 1.54) is 62.2 Å². The minimum absolute atomic E-state index is 0.359. The van der Waals surface area contributed by atoms with Gasteiger partial charge in [0, 0.05) is 11.1 Å². The zero-order valence-electron chi connectivity index (χ0n) is 13.6. The minimum atomic E-state index is 0.359. The summed E-state index contributed by atoms with van der Waals surface area (Å²) in [5.74, 6) is 3.66. The van der Waals surface area contributed by atoms with Crippen LogP contribution in [0, 0.1) is 17.8 Å². The SMILES string of the molecule is CC(C)CC1(c2nc3c([nH]2)CC(C)C(C)C3)CCCC1. The first-order valence-corrected chi connectivity index (χ1v) is 8.58. The molecule has 2 unspecified atom stereocenters. The molecule has 0 amide bonds. The van der Waals surface area contributed by atoms with Crippen LogP contribution in [-0.4, -0.2) is 9.97 Å². The zero-order chi connectivity index (χ0) is 14.3. The van der Waals surface area contributed by atoms with Gasteiger partial charge in [0.15, 0.2) is 0 Å². The van der Waals surface area contributed by atoms with E-state index in [0.717, 1.165) is 17.8 Å². The number of aromatic nitrogens is 2. The third kappa shape index (κ3) is 2.42. The topological polar surface area (TPSA) is 28.7 Å². The van der Waals surface area contributed by atoms with E-state index >= 15 is 0 Å². The van der Waals surface area contributed by atoms with Gasteiger partial charge in [-0.25, -0.2) is 4.98 Å². The first-order chi connectivity index (χ1) is 9.50. The van der Waals surface area contributed by atoms with E-state index in [1.807, 2.05) is 0 Å². The van der Waals surface area contributed by atoms with Crippen LogP contribution in [0.1, 0.15) is 77.0 Å². The molecule has 0 spiro atoms. The molecule has 3 rings (SSSR count). The Bertz CT molecular complexity index is 438. The second kappa shape index (κ2) is 5.20. The van der Waals surface area contributed by atoms with Crippen LogP contribution in [0.2, 0.25) is 0 Å². The standard InChI is InChI=1S/C18H30N2/c1-12(2)11-18(7-5-6-8-18)17-19-15-9-13(3)14(4)10-16(15)20-17/h12-14H,5-11H2,1-4H3,(H,19,20). The molecule has 1 saturated carbocycles. The molecule has 0 radical (unpaired) electrons. The Morgan fingerprint density at radius 1 is 1.15 bits per heavy atom. The van der Waals surface area contributed by atoms with E-state index in [9.17, 15) is 0 Å². The summed E-state index contributed by atoms with van der Waals surface area (Å²) in [6, 6.07) is 0. The summed E-state index contributed by atoms with van der Waals surface area (Å²) in [4.78, 5) is 8.85. The third-order valence-electron chi connectivity index (χ3n) is 5.74. The molecule has 2 atom stereocenters. The fraction of sp³-hybridized carbons (Fsp3) is 0.833. The second-order valence-electron chi connectivity index (χ2n) is 7.96. The highest BCUT2D eigenvalue weighted by Crippen LogP contribution is 2.45. The summed E-state index contributed by atoms with van der Waals surface area (Å²) < 4.78 is 0. The number of aromatic amines is 1. The first kappa shape index (κ1) is 14.2. The summed E-state index contributed by atoms with van der Waals surface area (Å²) in [6.45, 7) is 9.47. The lowest BCUT2D eigenvalue weighted by Gasteiger charge is -2.28. The van der Waals surface area contributed by atoms with E-state index in [-0.39, 0.29) is 0 Å². The molecule has 1 fully saturated rings. The highest BCUT2D eigenvalue weighted by Gasteiger charge is 2.40. The van der Waals surface area contributed by atoms with Crippen molar-refractivity contribution in [3.63, 3.8) is 0 Å². The van der Waals surface area contributed by atoms with Gasteiger partial charge in [-0.1, -0.05) is 40.5 Å². The number of hydrogen-bond donors (Lipinski definition) is 1. The highest BCUT2D eigenvalue weighted by molar-refractivity contribution is 5.24. The van der Waals surface area contributed by atoms with Crippen molar-refractivity contribution in [3.05, 3.63) is 17.2 Å². The lowest BCUT2D eigenvalue weighted by molar-refractivity contribution is 0.330. The van der Waals surface area contributed by atoms with Crippen molar-refractivity contribution in [2.45, 2.75) is 78.1 Å². The maximum atomic E-state index is 5.09. The van der Waals surface area contributed by atoms with Gasteiger partial charge >= 0.3 is 0 Å². The van der Waals surface area contributed by atoms with Crippen LogP contribution in [0.4, 0.5) is 0 Å². The van der Waals surface area contributed by atoms with Gasteiger partial charge in [-0.05, 0) is 49.9 Å². The van der Waals surface area contributed by atoms with Crippen molar-refractivity contribution in [1.82, 2.24) is 9.97 Å². The molecule has 0 aliphatic heterocycles. The van der Waals surface area contributed by atoms with Crippen LogP contribution >= 0.6 is 0 Å². The van der Waals surface area contributed by atoms with Crippen molar-refractivity contribution in [1.29, 1.82) is 0 Å². The molecule has 2 aliphatic carbocycles. The fourth-order valence-electron chi connectivity index (χ4n) is 4.43. The molecular weight excluding hydrogens is 244 g/mol. The molecule has 2 nitrogen and oxygen atoms in total. The molecule has 0 bridgehead atoms. The molecule has 2 aliphatic rings. The Morgan fingerprint density at radius 3 is 2.45 bits per heavy atom. The summed E-state index contributed by atoms with van der Waals surface area (Å²) in [7, 11) is 0. The van der Waals surface area contributed by atoms with Crippen LogP contribution < -0.4 is 0 Å². The smallest absolute Gasteiger partial charge is 0.112 e. The monoisotopic (exact) mass is 274 g/mol. The first-order valence-electron chi connectivity index (χ1n) is 8.58. The minimum Gasteiger partial charge on any atom is -0.345 e. The van der Waals surface area contributed by atoms with Crippen molar-refractivity contribution in [2.75, 3.05) is 0 Å². The summed E-state index contributed by atoms with van der Waals surface area (Å²) >= 11 is 0. The summed E-state index contributed by atoms with van der Waals surface area (Å²) in [5, 5.41) is 0. The Morgan fingerprint density at radius 2 is 1.80 bits per heavy atom. The molecule has 20 heavy (non-hydrogen) atoms. The van der Waals surface area contributed by atoms with Gasteiger partial charge in [0.25, 0.3) is 0 Å². The van der Waals surface area contributed by atoms with E-state index in [1.54, 1.807) is 0 Å². The van der Waals surface area contributed by atoms with Crippen molar-refractivity contribution >= 4 is 0 Å². The molecule has 1 aromatic heterocycles. The molecule has 0 saturated heterocycles. The number of nitrogens with zero attached hydrogens (tertiary/aromatic N) is 1. The second-order valence-corrected chi connectivity index (χ2v) is 7.96. The van der Waals surface area contributed by atoms with Crippen molar-refractivity contribution < 1.29 is 0 Å². The molecule has 112 valence electrons. The van der Waals surface area contributed by atoms with Gasteiger partial charge in [0.05, 0.1) is 5.69 Å². The fourth-order valence-corrected chi connectivity index (χ4v) is 4.43. The number of H-pyrrole nitrogens is 1. The quantitative estimate of drug-likeness (QED) is 0.854. The van der Waals surface area contributed by atoms with E-state index in [0.29, 0.717) is 5.41 Å². The van der Waals surface area contributed by atoms with Crippen LogP contribution in [-0.2, 0) is 18.3 Å². The molecule has 2 heteroatoms. The average molecular weight is 274 g/mol. The summed E-state index contributed by atoms with van der Waals surface area (Å²) in [6.07, 6.45) is 9.09. The largest absolute Gasteiger partial charge is 0.345 e. The van der Waals surface area contributed by atoms with Crippen LogP contribution in [0.3, 0.4) is 0 Å². The number of rotatable bonds is 3. The molecule has 1 aromatic rings. The molecule has 0 aromatic carbocycles. The van der Waals surface area contributed by atoms with Gasteiger partial charge in [0.2, 0.25) is 0 Å². The molecule has 1 N–H and O–H groups in total. The van der Waals surface area contributed by atoms with E-state index in [2.05, 4.69) is 32.7 Å². The highest BCUT2D eigenvalue weighted by atomic mass is 15.0. The maximum absolute atomic E-state index is 5.09. The zero-order valence-corrected chi connectivity index (χ0v) is 13.6. The normalized spacial score (nSPS) is 28.9. The van der Waals surface area contributed by atoms with Gasteiger partial charge in [-0.2, -0.15) is 0 Å². The van der Waals surface area contributed by atoms with Crippen LogP contribution in [0.25, 0.3) is 0 Å². The van der Waals surface area contributed by atoms with Gasteiger partial charge in [0.1, 0.15) is 5.82 Å². The number of hydrogen-bond acceptors (Lipinski definition) is 1. The van der Waals surface area contributed by atoms with Crippen molar-refractivity contribution in [2.24, 2.45) is 17.8 Å². The predicted octanol–water partition coefficient (Wildman–Crippen LogP) is 4.64. The molecular formula is C18H30N2. The van der Waals surface area contributed by atoms with Crippen LogP contribution in [0.5, 0.6) is 0 Å². The van der Waals surface area contributed by atoms with Gasteiger partial charge in [-0.3, -0.25) is 0 Å². The Balaban J connectivity index is 1.91. The average Bonchev–Trinajstić information content (AvgIpc) is 2.97.